The lowest BCUT2D eigenvalue weighted by atomic mass is 10.3. The SMILES string of the molecule is O=C1CSCN1c1cccc(I)c1. The van der Waals surface area contributed by atoms with Crippen molar-refractivity contribution in [3.8, 4) is 0 Å². The largest absolute Gasteiger partial charge is 0.302 e. The van der Waals surface area contributed by atoms with Gasteiger partial charge in [0.2, 0.25) is 5.91 Å². The fourth-order valence-corrected chi connectivity index (χ4v) is 2.66. The molecule has 0 unspecified atom stereocenters. The zero-order valence-electron chi connectivity index (χ0n) is 6.87. The second-order valence-corrected chi connectivity index (χ2v) is 4.98. The Kier molecular flexibility index (Phi) is 2.78. The van der Waals surface area contributed by atoms with Crippen molar-refractivity contribution in [1.29, 1.82) is 0 Å². The minimum atomic E-state index is 0.215. The Bertz CT molecular complexity index is 342. The van der Waals surface area contributed by atoms with Gasteiger partial charge in [0.05, 0.1) is 11.6 Å². The van der Waals surface area contributed by atoms with Crippen molar-refractivity contribution >= 4 is 45.9 Å². The number of hydrogen-bond donors (Lipinski definition) is 0. The first-order valence-corrected chi connectivity index (χ1v) is 6.14. The van der Waals surface area contributed by atoms with Gasteiger partial charge in [-0.05, 0) is 40.8 Å². The Morgan fingerprint density at radius 2 is 2.31 bits per heavy atom. The van der Waals surface area contributed by atoms with Gasteiger partial charge in [0.25, 0.3) is 0 Å². The molecule has 0 aromatic heterocycles. The molecule has 4 heteroatoms. The molecule has 68 valence electrons. The number of hydrogen-bond acceptors (Lipinski definition) is 2. The van der Waals surface area contributed by atoms with Gasteiger partial charge in [0.1, 0.15) is 0 Å². The fraction of sp³-hybridized carbons (Fsp3) is 0.222. The summed E-state index contributed by atoms with van der Waals surface area (Å²) in [5, 5.41) is 0. The lowest BCUT2D eigenvalue weighted by Gasteiger charge is -2.14. The van der Waals surface area contributed by atoms with Gasteiger partial charge in [0, 0.05) is 9.26 Å². The minimum Gasteiger partial charge on any atom is -0.302 e. The van der Waals surface area contributed by atoms with Gasteiger partial charge in [-0.2, -0.15) is 0 Å². The van der Waals surface area contributed by atoms with Crippen molar-refractivity contribution in [1.82, 2.24) is 0 Å². The van der Waals surface area contributed by atoms with Crippen molar-refractivity contribution in [2.75, 3.05) is 16.5 Å². The van der Waals surface area contributed by atoms with Crippen LogP contribution in [0.2, 0.25) is 0 Å². The number of carbonyl (C=O) groups is 1. The monoisotopic (exact) mass is 305 g/mol. The Balaban J connectivity index is 2.29. The maximum Gasteiger partial charge on any atom is 0.237 e. The van der Waals surface area contributed by atoms with Gasteiger partial charge in [-0.15, -0.1) is 11.8 Å². The average molecular weight is 305 g/mol. The van der Waals surface area contributed by atoms with Crippen molar-refractivity contribution in [2.24, 2.45) is 0 Å². The molecule has 0 radical (unpaired) electrons. The summed E-state index contributed by atoms with van der Waals surface area (Å²) in [4.78, 5) is 13.2. The predicted molar refractivity (Wildman–Crippen MR) is 64.0 cm³/mol. The minimum absolute atomic E-state index is 0.215. The molecule has 1 aromatic carbocycles. The molecule has 1 amide bonds. The number of halogens is 1. The van der Waals surface area contributed by atoms with Crippen LogP contribution in [0.3, 0.4) is 0 Å². The van der Waals surface area contributed by atoms with Crippen LogP contribution in [0.25, 0.3) is 0 Å². The Morgan fingerprint density at radius 1 is 1.46 bits per heavy atom. The number of rotatable bonds is 1. The predicted octanol–water partition coefficient (Wildman–Crippen LogP) is 2.33. The highest BCUT2D eigenvalue weighted by Gasteiger charge is 2.21. The molecule has 1 saturated heterocycles. The zero-order chi connectivity index (χ0) is 9.26. The second-order valence-electron chi connectivity index (χ2n) is 2.78. The molecule has 1 fully saturated rings. The van der Waals surface area contributed by atoms with Gasteiger partial charge in [-0.1, -0.05) is 6.07 Å². The molecular weight excluding hydrogens is 297 g/mol. The Labute approximate surface area is 94.8 Å². The molecule has 1 aromatic rings. The number of carbonyl (C=O) groups excluding carboxylic acids is 1. The summed E-state index contributed by atoms with van der Waals surface area (Å²) in [6.07, 6.45) is 0. The van der Waals surface area contributed by atoms with Crippen molar-refractivity contribution in [3.63, 3.8) is 0 Å². The summed E-state index contributed by atoms with van der Waals surface area (Å²) in [5.41, 5.74) is 1.02. The van der Waals surface area contributed by atoms with Gasteiger partial charge in [-0.25, -0.2) is 0 Å². The van der Waals surface area contributed by atoms with Gasteiger partial charge >= 0.3 is 0 Å². The van der Waals surface area contributed by atoms with Crippen LogP contribution in [0.4, 0.5) is 5.69 Å². The smallest absolute Gasteiger partial charge is 0.237 e. The first-order valence-electron chi connectivity index (χ1n) is 3.91. The summed E-state index contributed by atoms with van der Waals surface area (Å²) in [6, 6.07) is 8.02. The lowest BCUT2D eigenvalue weighted by molar-refractivity contribution is -0.115. The number of amides is 1. The molecule has 0 N–H and O–H groups in total. The third-order valence-corrected chi connectivity index (χ3v) is 3.43. The van der Waals surface area contributed by atoms with E-state index >= 15 is 0 Å². The molecule has 2 nitrogen and oxygen atoms in total. The van der Waals surface area contributed by atoms with Crippen LogP contribution >= 0.6 is 34.4 Å². The van der Waals surface area contributed by atoms with Crippen LogP contribution in [0.5, 0.6) is 0 Å². The van der Waals surface area contributed by atoms with E-state index in [0.29, 0.717) is 5.75 Å². The Morgan fingerprint density at radius 3 is 2.92 bits per heavy atom. The van der Waals surface area contributed by atoms with Crippen LogP contribution in [0, 0.1) is 3.57 Å². The van der Waals surface area contributed by atoms with Crippen molar-refractivity contribution < 1.29 is 4.79 Å². The zero-order valence-corrected chi connectivity index (χ0v) is 9.84. The second kappa shape index (κ2) is 3.88. The van der Waals surface area contributed by atoms with E-state index in [1.54, 1.807) is 11.8 Å². The van der Waals surface area contributed by atoms with Crippen LogP contribution in [0.1, 0.15) is 0 Å². The van der Waals surface area contributed by atoms with E-state index in [1.165, 1.54) is 3.57 Å². The van der Waals surface area contributed by atoms with E-state index in [1.807, 2.05) is 29.2 Å². The van der Waals surface area contributed by atoms with Crippen LogP contribution < -0.4 is 4.90 Å². The molecule has 1 aliphatic rings. The van der Waals surface area contributed by atoms with Gasteiger partial charge < -0.3 is 4.90 Å². The van der Waals surface area contributed by atoms with Crippen molar-refractivity contribution in [3.05, 3.63) is 27.8 Å². The first kappa shape index (κ1) is 9.33. The molecule has 1 aliphatic heterocycles. The average Bonchev–Trinajstić information content (AvgIpc) is 2.51. The van der Waals surface area contributed by atoms with E-state index in [0.717, 1.165) is 11.6 Å². The van der Waals surface area contributed by atoms with E-state index < -0.39 is 0 Å². The van der Waals surface area contributed by atoms with E-state index in [4.69, 9.17) is 0 Å². The molecule has 0 spiro atoms. The highest BCUT2D eigenvalue weighted by molar-refractivity contribution is 14.1. The van der Waals surface area contributed by atoms with E-state index in [-0.39, 0.29) is 5.91 Å². The molecule has 13 heavy (non-hydrogen) atoms. The summed E-state index contributed by atoms with van der Waals surface area (Å²) in [6.45, 7) is 0. The van der Waals surface area contributed by atoms with E-state index in [2.05, 4.69) is 22.6 Å². The number of anilines is 1. The highest BCUT2D eigenvalue weighted by Crippen LogP contribution is 2.24. The number of benzene rings is 1. The normalized spacial score (nSPS) is 16.7. The lowest BCUT2D eigenvalue weighted by Crippen LogP contribution is -2.24. The van der Waals surface area contributed by atoms with Crippen LogP contribution in [-0.2, 0) is 4.79 Å². The van der Waals surface area contributed by atoms with Crippen LogP contribution in [0.15, 0.2) is 24.3 Å². The maximum absolute atomic E-state index is 11.4. The number of nitrogens with zero attached hydrogens (tertiary/aromatic N) is 1. The maximum atomic E-state index is 11.4. The molecular formula is C9H8INOS. The van der Waals surface area contributed by atoms with Crippen molar-refractivity contribution in [2.45, 2.75) is 0 Å². The number of thioether (sulfide) groups is 1. The summed E-state index contributed by atoms with van der Waals surface area (Å²) >= 11 is 3.92. The van der Waals surface area contributed by atoms with E-state index in [9.17, 15) is 4.79 Å². The molecule has 0 bridgehead atoms. The topological polar surface area (TPSA) is 20.3 Å². The van der Waals surface area contributed by atoms with Gasteiger partial charge in [-0.3, -0.25) is 4.79 Å². The quantitative estimate of drug-likeness (QED) is 0.742. The van der Waals surface area contributed by atoms with Gasteiger partial charge in [0.15, 0.2) is 0 Å². The highest BCUT2D eigenvalue weighted by atomic mass is 127. The fourth-order valence-electron chi connectivity index (χ4n) is 1.24. The molecule has 2 rings (SSSR count). The Hall–Kier alpha value is -0.230. The standard InChI is InChI=1S/C9H8INOS/c10-7-2-1-3-8(4-7)11-6-13-5-9(11)12/h1-4H,5-6H2. The first-order chi connectivity index (χ1) is 6.27. The third kappa shape index (κ3) is 1.99. The molecule has 0 aliphatic carbocycles. The summed E-state index contributed by atoms with van der Waals surface area (Å²) in [7, 11) is 0. The van der Waals surface area contributed by atoms with Crippen LogP contribution in [-0.4, -0.2) is 17.5 Å². The molecule has 0 saturated carbocycles. The molecule has 1 heterocycles. The third-order valence-electron chi connectivity index (χ3n) is 1.87. The summed E-state index contributed by atoms with van der Waals surface area (Å²) in [5.74, 6) is 1.62. The summed E-state index contributed by atoms with van der Waals surface area (Å²) < 4.78 is 1.17. The molecule has 0 atom stereocenters.